The first kappa shape index (κ1) is 13.2. The zero-order valence-corrected chi connectivity index (χ0v) is 10.6. The summed E-state index contributed by atoms with van der Waals surface area (Å²) in [5.74, 6) is -0.825. The summed E-state index contributed by atoms with van der Waals surface area (Å²) in [5.41, 5.74) is 0. The van der Waals surface area contributed by atoms with Crippen LogP contribution in [0.25, 0.3) is 0 Å². The Labute approximate surface area is 115 Å². The van der Waals surface area contributed by atoms with Crippen molar-refractivity contribution in [1.82, 2.24) is 0 Å². The molecule has 4 nitrogen and oxygen atoms in total. The average molecular weight is 279 g/mol. The second-order valence-corrected chi connectivity index (χ2v) is 4.17. The number of ether oxygens (including phenoxy) is 2. The minimum Gasteiger partial charge on any atom is -0.474 e. The van der Waals surface area contributed by atoms with Crippen molar-refractivity contribution in [3.8, 4) is 11.5 Å². The van der Waals surface area contributed by atoms with Gasteiger partial charge in [0.1, 0.15) is 11.5 Å². The van der Waals surface area contributed by atoms with Crippen molar-refractivity contribution < 1.29 is 19.4 Å². The van der Waals surface area contributed by atoms with E-state index >= 15 is 0 Å². The van der Waals surface area contributed by atoms with Gasteiger partial charge >= 0.3 is 11.2 Å². The number of hydrogen-bond donors (Lipinski definition) is 1. The quantitative estimate of drug-likeness (QED) is 0.674. The fourth-order valence-corrected chi connectivity index (χ4v) is 1.57. The van der Waals surface area contributed by atoms with Gasteiger partial charge in [-0.3, -0.25) is 0 Å². The Balaban J connectivity index is 2.21. The van der Waals surface area contributed by atoms with Gasteiger partial charge in [0, 0.05) is 0 Å². The third-order valence-electron chi connectivity index (χ3n) is 2.24. The number of alkyl halides is 1. The number of aliphatic carboxylic acids is 1. The van der Waals surface area contributed by atoms with Crippen LogP contribution >= 0.6 is 11.6 Å². The molecule has 0 saturated carbocycles. The lowest BCUT2D eigenvalue weighted by molar-refractivity contribution is -0.166. The number of carboxylic acids is 1. The van der Waals surface area contributed by atoms with Gasteiger partial charge in [-0.1, -0.05) is 36.4 Å². The Hall–Kier alpha value is -2.20. The van der Waals surface area contributed by atoms with E-state index in [2.05, 4.69) is 0 Å². The molecule has 0 fully saturated rings. The monoisotopic (exact) mass is 278 g/mol. The van der Waals surface area contributed by atoms with Crippen LogP contribution in [0.2, 0.25) is 0 Å². The van der Waals surface area contributed by atoms with E-state index in [9.17, 15) is 9.90 Å². The van der Waals surface area contributed by atoms with Crippen LogP contribution in [0.15, 0.2) is 60.7 Å². The van der Waals surface area contributed by atoms with Crippen molar-refractivity contribution in [3.05, 3.63) is 60.7 Å². The van der Waals surface area contributed by atoms with Gasteiger partial charge in [0.15, 0.2) is 0 Å². The van der Waals surface area contributed by atoms with Crippen LogP contribution in [0.5, 0.6) is 11.5 Å². The first-order valence-corrected chi connectivity index (χ1v) is 5.88. The zero-order chi connectivity index (χ0) is 13.7. The van der Waals surface area contributed by atoms with Gasteiger partial charge in [0.25, 0.3) is 0 Å². The lowest BCUT2D eigenvalue weighted by Gasteiger charge is -2.24. The number of para-hydroxylation sites is 2. The van der Waals surface area contributed by atoms with Crippen molar-refractivity contribution in [2.75, 3.05) is 0 Å². The van der Waals surface area contributed by atoms with Crippen LogP contribution < -0.4 is 9.47 Å². The molecular formula is C14H11ClO4. The summed E-state index contributed by atoms with van der Waals surface area (Å²) in [6.07, 6.45) is 0. The van der Waals surface area contributed by atoms with E-state index < -0.39 is 11.2 Å². The Morgan fingerprint density at radius 1 is 0.895 bits per heavy atom. The van der Waals surface area contributed by atoms with Crippen LogP contribution in [-0.2, 0) is 4.79 Å². The highest BCUT2D eigenvalue weighted by atomic mass is 35.5. The highest BCUT2D eigenvalue weighted by Crippen LogP contribution is 2.26. The number of hydrogen-bond acceptors (Lipinski definition) is 3. The first-order valence-electron chi connectivity index (χ1n) is 5.50. The summed E-state index contributed by atoms with van der Waals surface area (Å²) in [4.78, 5) is 11.2. The molecule has 0 unspecified atom stereocenters. The predicted octanol–water partition coefficient (Wildman–Crippen LogP) is 3.12. The summed E-state index contributed by atoms with van der Waals surface area (Å²) in [6.45, 7) is 0. The Morgan fingerprint density at radius 2 is 1.26 bits per heavy atom. The van der Waals surface area contributed by atoms with Crippen LogP contribution in [0, 0.1) is 0 Å². The van der Waals surface area contributed by atoms with Gasteiger partial charge in [-0.05, 0) is 35.9 Å². The summed E-state index contributed by atoms with van der Waals surface area (Å²) in [6, 6.07) is 16.7. The van der Waals surface area contributed by atoms with Gasteiger partial charge in [-0.25, -0.2) is 4.79 Å². The van der Waals surface area contributed by atoms with Gasteiger partial charge < -0.3 is 14.6 Å². The number of carboxylic acid groups (broad SMARTS) is 1. The Kier molecular flexibility index (Phi) is 3.92. The average Bonchev–Trinajstić information content (AvgIpc) is 2.40. The normalized spacial score (nSPS) is 10.8. The van der Waals surface area contributed by atoms with Crippen LogP contribution in [0.3, 0.4) is 0 Å². The highest BCUT2D eigenvalue weighted by molar-refractivity contribution is 6.31. The molecule has 5 heteroatoms. The molecule has 0 atom stereocenters. The molecule has 0 radical (unpaired) electrons. The molecule has 2 rings (SSSR count). The molecule has 0 aromatic heterocycles. The molecule has 0 bridgehead atoms. The Morgan fingerprint density at radius 3 is 1.58 bits per heavy atom. The van der Waals surface area contributed by atoms with Crippen molar-refractivity contribution in [2.24, 2.45) is 0 Å². The van der Waals surface area contributed by atoms with E-state index in [0.717, 1.165) is 0 Å². The summed E-state index contributed by atoms with van der Waals surface area (Å²) in [5, 5.41) is 6.87. The fourth-order valence-electron chi connectivity index (χ4n) is 1.39. The minimum atomic E-state index is -2.30. The van der Waals surface area contributed by atoms with Gasteiger partial charge in [0.2, 0.25) is 0 Å². The lowest BCUT2D eigenvalue weighted by Crippen LogP contribution is -2.44. The van der Waals surface area contributed by atoms with Crippen LogP contribution in [0.4, 0.5) is 0 Å². The number of carbonyl (C=O) groups is 1. The largest absolute Gasteiger partial charge is 0.474 e. The first-order chi connectivity index (χ1) is 9.10. The molecule has 2 aromatic carbocycles. The van der Waals surface area contributed by atoms with Gasteiger partial charge in [0.05, 0.1) is 0 Å². The van der Waals surface area contributed by atoms with E-state index in [4.69, 9.17) is 21.1 Å². The predicted molar refractivity (Wildman–Crippen MR) is 70.4 cm³/mol. The van der Waals surface area contributed by atoms with E-state index in [1.54, 1.807) is 60.7 Å². The summed E-state index contributed by atoms with van der Waals surface area (Å²) >= 11 is 5.90. The Bertz CT molecular complexity index is 500. The topological polar surface area (TPSA) is 55.8 Å². The molecule has 0 aliphatic heterocycles. The third-order valence-corrected chi connectivity index (χ3v) is 2.56. The molecule has 0 saturated heterocycles. The molecule has 0 heterocycles. The molecule has 19 heavy (non-hydrogen) atoms. The maximum absolute atomic E-state index is 11.2. The molecule has 0 aliphatic carbocycles. The summed E-state index contributed by atoms with van der Waals surface area (Å²) < 4.78 is 10.4. The number of rotatable bonds is 5. The molecule has 0 aliphatic rings. The second-order valence-electron chi connectivity index (χ2n) is 3.67. The molecular weight excluding hydrogens is 268 g/mol. The number of benzene rings is 2. The zero-order valence-electron chi connectivity index (χ0n) is 9.82. The van der Waals surface area contributed by atoms with Gasteiger partial charge in [-0.15, -0.1) is 0 Å². The number of halogens is 1. The smallest absolute Gasteiger partial charge is 0.436 e. The minimum absolute atomic E-state index is 0.302. The maximum Gasteiger partial charge on any atom is 0.436 e. The fraction of sp³-hybridized carbons (Fsp3) is 0.0714. The van der Waals surface area contributed by atoms with Crippen molar-refractivity contribution >= 4 is 17.6 Å². The van der Waals surface area contributed by atoms with E-state index in [1.165, 1.54) is 0 Å². The lowest BCUT2D eigenvalue weighted by atomic mass is 10.3. The van der Waals surface area contributed by atoms with E-state index in [1.807, 2.05) is 0 Å². The second kappa shape index (κ2) is 5.63. The van der Waals surface area contributed by atoms with Crippen molar-refractivity contribution in [2.45, 2.75) is 5.25 Å². The van der Waals surface area contributed by atoms with E-state index in [-0.39, 0.29) is 0 Å². The van der Waals surface area contributed by atoms with Crippen molar-refractivity contribution in [3.63, 3.8) is 0 Å². The molecule has 0 spiro atoms. The van der Waals surface area contributed by atoms with Crippen LogP contribution in [-0.4, -0.2) is 16.3 Å². The highest BCUT2D eigenvalue weighted by Gasteiger charge is 2.42. The van der Waals surface area contributed by atoms with Crippen LogP contribution in [0.1, 0.15) is 0 Å². The van der Waals surface area contributed by atoms with Crippen molar-refractivity contribution in [1.29, 1.82) is 0 Å². The SMILES string of the molecule is O=C(O)C(Cl)(Oc1ccccc1)Oc1ccccc1. The van der Waals surface area contributed by atoms with E-state index in [0.29, 0.717) is 11.5 Å². The molecule has 0 amide bonds. The maximum atomic E-state index is 11.2. The third kappa shape index (κ3) is 3.39. The summed E-state index contributed by atoms with van der Waals surface area (Å²) in [7, 11) is 0. The molecule has 1 N–H and O–H groups in total. The van der Waals surface area contributed by atoms with Gasteiger partial charge in [-0.2, -0.15) is 0 Å². The molecule has 98 valence electrons. The molecule has 2 aromatic rings. The standard InChI is InChI=1S/C14H11ClO4/c15-14(13(16)17,18-11-7-3-1-4-8-11)19-12-9-5-2-6-10-12/h1-10H,(H,16,17).